The Hall–Kier alpha value is -2.31. The van der Waals surface area contributed by atoms with Crippen molar-refractivity contribution in [3.8, 4) is 5.75 Å². The zero-order chi connectivity index (χ0) is 17.8. The molecule has 1 atom stereocenters. The van der Waals surface area contributed by atoms with E-state index in [1.54, 1.807) is 0 Å². The van der Waals surface area contributed by atoms with Gasteiger partial charge in [-0.05, 0) is 19.3 Å². The zero-order valence-corrected chi connectivity index (χ0v) is 14.5. The first kappa shape index (κ1) is 17.5. The van der Waals surface area contributed by atoms with Gasteiger partial charge in [-0.1, -0.05) is 19.3 Å². The summed E-state index contributed by atoms with van der Waals surface area (Å²) in [4.78, 5) is 40.7. The van der Waals surface area contributed by atoms with Crippen molar-refractivity contribution in [1.82, 2.24) is 15.2 Å². The number of nitrogens with zero attached hydrogens (tertiary/aromatic N) is 1. The molecule has 0 aromatic carbocycles. The van der Waals surface area contributed by atoms with E-state index < -0.39 is 0 Å². The average Bonchev–Trinajstić information content (AvgIpc) is 3.10. The fourth-order valence-electron chi connectivity index (χ4n) is 3.75. The molecule has 2 N–H and O–H groups in total. The maximum absolute atomic E-state index is 12.6. The third kappa shape index (κ3) is 4.03. The number of nitrogens with one attached hydrogen (secondary N) is 2. The fourth-order valence-corrected chi connectivity index (χ4v) is 3.75. The van der Waals surface area contributed by atoms with E-state index in [0.29, 0.717) is 18.7 Å². The fraction of sp³-hybridized carbons (Fsp3) is 0.611. The number of hydrogen-bond donors (Lipinski definition) is 2. The van der Waals surface area contributed by atoms with Gasteiger partial charge in [-0.3, -0.25) is 14.4 Å². The van der Waals surface area contributed by atoms with Gasteiger partial charge in [0.05, 0.1) is 12.7 Å². The van der Waals surface area contributed by atoms with E-state index in [1.807, 2.05) is 4.90 Å². The molecule has 2 amide bonds. The second-order valence-electron chi connectivity index (χ2n) is 6.86. The molecule has 1 aliphatic carbocycles. The van der Waals surface area contributed by atoms with Crippen molar-refractivity contribution >= 4 is 11.8 Å². The Kier molecular flexibility index (Phi) is 5.40. The summed E-state index contributed by atoms with van der Waals surface area (Å²) in [6, 6.07) is 1.18. The lowest BCUT2D eigenvalue weighted by Gasteiger charge is -2.26. The van der Waals surface area contributed by atoms with Crippen LogP contribution in [0.25, 0.3) is 0 Å². The van der Waals surface area contributed by atoms with Crippen LogP contribution in [0.5, 0.6) is 5.75 Å². The Morgan fingerprint density at radius 1 is 1.24 bits per heavy atom. The maximum Gasteiger partial charge on any atom is 0.256 e. The SMILES string of the molecule is COc1cc(=O)[nH]cc1C(=O)NC1CCN(C(=O)C2CCCCC2)C1. The predicted octanol–water partition coefficient (Wildman–Crippen LogP) is 1.29. The second-order valence-corrected chi connectivity index (χ2v) is 6.86. The van der Waals surface area contributed by atoms with E-state index >= 15 is 0 Å². The molecular weight excluding hydrogens is 322 g/mol. The lowest BCUT2D eigenvalue weighted by Crippen LogP contribution is -2.40. The Morgan fingerprint density at radius 3 is 2.72 bits per heavy atom. The third-order valence-electron chi connectivity index (χ3n) is 5.14. The number of aromatic amines is 1. The summed E-state index contributed by atoms with van der Waals surface area (Å²) in [5.41, 5.74) is -0.0299. The number of aromatic nitrogens is 1. The quantitative estimate of drug-likeness (QED) is 0.859. The van der Waals surface area contributed by atoms with Crippen LogP contribution in [0.15, 0.2) is 17.1 Å². The van der Waals surface area contributed by atoms with Crippen molar-refractivity contribution in [2.75, 3.05) is 20.2 Å². The third-order valence-corrected chi connectivity index (χ3v) is 5.14. The van der Waals surface area contributed by atoms with Crippen molar-refractivity contribution in [2.45, 2.75) is 44.6 Å². The Bertz CT molecular complexity index is 694. The molecule has 136 valence electrons. The van der Waals surface area contributed by atoms with Gasteiger partial charge in [0.15, 0.2) is 0 Å². The van der Waals surface area contributed by atoms with Gasteiger partial charge in [0.25, 0.3) is 11.5 Å². The molecule has 7 nitrogen and oxygen atoms in total. The van der Waals surface area contributed by atoms with Gasteiger partial charge >= 0.3 is 0 Å². The molecule has 2 fully saturated rings. The molecular formula is C18H25N3O4. The van der Waals surface area contributed by atoms with Gasteiger partial charge in [-0.2, -0.15) is 0 Å². The van der Waals surface area contributed by atoms with Crippen LogP contribution in [0.2, 0.25) is 0 Å². The molecule has 0 radical (unpaired) electrons. The van der Waals surface area contributed by atoms with Crippen molar-refractivity contribution in [3.63, 3.8) is 0 Å². The number of ether oxygens (including phenoxy) is 1. The second kappa shape index (κ2) is 7.72. The summed E-state index contributed by atoms with van der Waals surface area (Å²) in [7, 11) is 1.42. The first-order valence-corrected chi connectivity index (χ1v) is 8.95. The van der Waals surface area contributed by atoms with E-state index in [0.717, 1.165) is 32.1 Å². The molecule has 1 saturated heterocycles. The van der Waals surface area contributed by atoms with E-state index in [2.05, 4.69) is 10.3 Å². The molecule has 0 spiro atoms. The molecule has 7 heteroatoms. The van der Waals surface area contributed by atoms with Crippen LogP contribution in [0, 0.1) is 5.92 Å². The van der Waals surface area contributed by atoms with Crippen molar-refractivity contribution in [2.24, 2.45) is 5.92 Å². The van der Waals surface area contributed by atoms with E-state index in [-0.39, 0.29) is 35.1 Å². The lowest BCUT2D eigenvalue weighted by molar-refractivity contribution is -0.135. The number of likely N-dealkylation sites (tertiary alicyclic amines) is 1. The highest BCUT2D eigenvalue weighted by atomic mass is 16.5. The van der Waals surface area contributed by atoms with Gasteiger partial charge in [-0.25, -0.2) is 0 Å². The van der Waals surface area contributed by atoms with E-state index in [4.69, 9.17) is 4.74 Å². The summed E-state index contributed by atoms with van der Waals surface area (Å²) in [5, 5.41) is 2.94. The van der Waals surface area contributed by atoms with E-state index in [1.165, 1.54) is 25.8 Å². The zero-order valence-electron chi connectivity index (χ0n) is 14.5. The number of H-pyrrole nitrogens is 1. The van der Waals surface area contributed by atoms with Crippen molar-refractivity contribution in [3.05, 3.63) is 28.2 Å². The van der Waals surface area contributed by atoms with Crippen LogP contribution < -0.4 is 15.6 Å². The predicted molar refractivity (Wildman–Crippen MR) is 92.6 cm³/mol. The molecule has 0 bridgehead atoms. The highest BCUT2D eigenvalue weighted by Crippen LogP contribution is 2.27. The lowest BCUT2D eigenvalue weighted by atomic mass is 9.88. The first-order valence-electron chi connectivity index (χ1n) is 8.95. The number of amides is 2. The summed E-state index contributed by atoms with van der Waals surface area (Å²) in [6.45, 7) is 1.23. The van der Waals surface area contributed by atoms with Crippen molar-refractivity contribution in [1.29, 1.82) is 0 Å². The summed E-state index contributed by atoms with van der Waals surface area (Å²) < 4.78 is 5.11. The molecule has 1 unspecified atom stereocenters. The molecule has 2 heterocycles. The minimum Gasteiger partial charge on any atom is -0.496 e. The number of pyridine rings is 1. The van der Waals surface area contributed by atoms with Gasteiger partial charge in [0.1, 0.15) is 5.75 Å². The first-order chi connectivity index (χ1) is 12.1. The molecule has 1 aliphatic heterocycles. The highest BCUT2D eigenvalue weighted by Gasteiger charge is 2.32. The number of carbonyl (C=O) groups excluding carboxylic acids is 2. The monoisotopic (exact) mass is 347 g/mol. The summed E-state index contributed by atoms with van der Waals surface area (Å²) in [6.07, 6.45) is 7.57. The van der Waals surface area contributed by atoms with Gasteiger partial charge in [-0.15, -0.1) is 0 Å². The van der Waals surface area contributed by atoms with Crippen LogP contribution in [0.3, 0.4) is 0 Å². The Labute approximate surface area is 146 Å². The normalized spacial score (nSPS) is 21.2. The molecule has 1 aromatic heterocycles. The average molecular weight is 347 g/mol. The minimum absolute atomic E-state index is 0.0725. The Balaban J connectivity index is 1.58. The standard InChI is InChI=1S/C18H25N3O4/c1-25-15-9-16(22)19-10-14(15)17(23)20-13-7-8-21(11-13)18(24)12-5-3-2-4-6-12/h9-10,12-13H,2-8,11H2,1H3,(H,19,22)(H,20,23). The number of methoxy groups -OCH3 is 1. The molecule has 2 aliphatic rings. The minimum atomic E-state index is -0.321. The van der Waals surface area contributed by atoms with Crippen LogP contribution >= 0.6 is 0 Å². The Morgan fingerprint density at radius 2 is 2.00 bits per heavy atom. The van der Waals surface area contributed by atoms with Crippen LogP contribution in [-0.2, 0) is 4.79 Å². The van der Waals surface area contributed by atoms with Gasteiger partial charge in [0.2, 0.25) is 5.91 Å². The maximum atomic E-state index is 12.6. The van der Waals surface area contributed by atoms with E-state index in [9.17, 15) is 14.4 Å². The smallest absolute Gasteiger partial charge is 0.256 e. The number of carbonyl (C=O) groups is 2. The topological polar surface area (TPSA) is 91.5 Å². The molecule has 25 heavy (non-hydrogen) atoms. The molecule has 1 saturated carbocycles. The van der Waals surface area contributed by atoms with Crippen LogP contribution in [0.4, 0.5) is 0 Å². The number of rotatable bonds is 4. The molecule has 1 aromatic rings. The van der Waals surface area contributed by atoms with Gasteiger partial charge in [0, 0.05) is 37.3 Å². The van der Waals surface area contributed by atoms with Crippen molar-refractivity contribution < 1.29 is 14.3 Å². The number of hydrogen-bond acceptors (Lipinski definition) is 4. The summed E-state index contributed by atoms with van der Waals surface area (Å²) >= 11 is 0. The van der Waals surface area contributed by atoms with Crippen LogP contribution in [0.1, 0.15) is 48.9 Å². The summed E-state index contributed by atoms with van der Waals surface area (Å²) in [5.74, 6) is 0.333. The molecule has 3 rings (SSSR count). The largest absolute Gasteiger partial charge is 0.496 e. The van der Waals surface area contributed by atoms with Crippen LogP contribution in [-0.4, -0.2) is 47.9 Å². The highest BCUT2D eigenvalue weighted by molar-refractivity contribution is 5.96. The van der Waals surface area contributed by atoms with Gasteiger partial charge < -0.3 is 19.9 Å².